The van der Waals surface area contributed by atoms with E-state index in [2.05, 4.69) is 45.1 Å². The van der Waals surface area contributed by atoms with E-state index in [9.17, 15) is 0 Å². The SMILES string of the molecule is C=CCC(Br)C[C@@H](Cl)CI. The third-order valence-electron chi connectivity index (χ3n) is 1.10. The second kappa shape index (κ2) is 6.92. The van der Waals surface area contributed by atoms with Crippen LogP contribution >= 0.6 is 50.1 Å². The maximum Gasteiger partial charge on any atom is 0.0436 e. The topological polar surface area (TPSA) is 0 Å². The molecule has 0 aromatic carbocycles. The van der Waals surface area contributed by atoms with E-state index in [0.717, 1.165) is 17.3 Å². The zero-order chi connectivity index (χ0) is 7.98. The van der Waals surface area contributed by atoms with Crippen LogP contribution in [0.2, 0.25) is 0 Å². The first kappa shape index (κ1) is 11.2. The van der Waals surface area contributed by atoms with Crippen molar-refractivity contribution in [3.05, 3.63) is 12.7 Å². The first-order valence-corrected chi connectivity index (χ1v) is 6.03. The van der Waals surface area contributed by atoms with Gasteiger partial charge in [-0.3, -0.25) is 0 Å². The summed E-state index contributed by atoms with van der Waals surface area (Å²) in [7, 11) is 0. The lowest BCUT2D eigenvalue weighted by Gasteiger charge is -2.09. The Hall–Kier alpha value is 1.24. The van der Waals surface area contributed by atoms with Crippen LogP contribution in [0.1, 0.15) is 12.8 Å². The van der Waals surface area contributed by atoms with Crippen LogP contribution in [0.15, 0.2) is 12.7 Å². The van der Waals surface area contributed by atoms with Crippen molar-refractivity contribution in [3.8, 4) is 0 Å². The van der Waals surface area contributed by atoms with Gasteiger partial charge in [0.15, 0.2) is 0 Å². The van der Waals surface area contributed by atoms with E-state index in [0.29, 0.717) is 10.2 Å². The fraction of sp³-hybridized carbons (Fsp3) is 0.714. The van der Waals surface area contributed by atoms with Gasteiger partial charge in [-0.2, -0.15) is 0 Å². The van der Waals surface area contributed by atoms with Gasteiger partial charge in [0.25, 0.3) is 0 Å². The summed E-state index contributed by atoms with van der Waals surface area (Å²) in [6, 6.07) is 0. The monoisotopic (exact) mass is 336 g/mol. The third-order valence-corrected chi connectivity index (χ3v) is 3.77. The molecule has 0 saturated heterocycles. The molecule has 2 atom stereocenters. The summed E-state index contributed by atoms with van der Waals surface area (Å²) in [6.45, 7) is 3.66. The smallest absolute Gasteiger partial charge is 0.0436 e. The maximum atomic E-state index is 5.92. The maximum absolute atomic E-state index is 5.92. The van der Waals surface area contributed by atoms with E-state index in [4.69, 9.17) is 11.6 Å². The van der Waals surface area contributed by atoms with E-state index in [1.54, 1.807) is 0 Å². The van der Waals surface area contributed by atoms with Gasteiger partial charge < -0.3 is 0 Å². The van der Waals surface area contributed by atoms with Crippen LogP contribution in [-0.2, 0) is 0 Å². The van der Waals surface area contributed by atoms with E-state index in [1.807, 2.05) is 6.08 Å². The van der Waals surface area contributed by atoms with Crippen molar-refractivity contribution in [2.45, 2.75) is 23.0 Å². The van der Waals surface area contributed by atoms with Crippen molar-refractivity contribution in [1.29, 1.82) is 0 Å². The predicted octanol–water partition coefficient (Wildman–Crippen LogP) is 3.76. The van der Waals surface area contributed by atoms with Crippen molar-refractivity contribution in [2.75, 3.05) is 4.43 Å². The summed E-state index contributed by atoms with van der Waals surface area (Å²) in [5.41, 5.74) is 0. The number of hydrogen-bond acceptors (Lipinski definition) is 0. The number of rotatable bonds is 5. The van der Waals surface area contributed by atoms with Crippen LogP contribution in [0.25, 0.3) is 0 Å². The fourth-order valence-electron chi connectivity index (χ4n) is 0.618. The summed E-state index contributed by atoms with van der Waals surface area (Å²) < 4.78 is 1.01. The number of alkyl halides is 3. The normalized spacial score (nSPS) is 16.3. The number of halogens is 3. The van der Waals surface area contributed by atoms with Gasteiger partial charge in [0, 0.05) is 14.6 Å². The molecule has 0 aliphatic rings. The summed E-state index contributed by atoms with van der Waals surface area (Å²) in [5, 5.41) is 0.296. The third kappa shape index (κ3) is 5.98. The van der Waals surface area contributed by atoms with E-state index in [1.165, 1.54) is 0 Å². The highest BCUT2D eigenvalue weighted by Gasteiger charge is 2.08. The van der Waals surface area contributed by atoms with Gasteiger partial charge in [0.05, 0.1) is 0 Å². The molecule has 60 valence electrons. The summed E-state index contributed by atoms with van der Waals surface area (Å²) in [6.07, 6.45) is 3.94. The van der Waals surface area contributed by atoms with Gasteiger partial charge >= 0.3 is 0 Å². The van der Waals surface area contributed by atoms with E-state index >= 15 is 0 Å². The standard InChI is InChI=1S/C7H11BrClI/c1-2-3-6(8)4-7(9)5-10/h2,6-7H,1,3-5H2/t6?,7-/m1/s1. The minimum atomic E-state index is 0.296. The Morgan fingerprint density at radius 3 is 2.70 bits per heavy atom. The van der Waals surface area contributed by atoms with Crippen molar-refractivity contribution in [2.24, 2.45) is 0 Å². The Balaban J connectivity index is 3.35. The van der Waals surface area contributed by atoms with Crippen LogP contribution in [-0.4, -0.2) is 14.6 Å². The molecule has 0 spiro atoms. The molecule has 0 rings (SSSR count). The zero-order valence-electron chi connectivity index (χ0n) is 5.69. The molecule has 0 amide bonds. The molecule has 0 radical (unpaired) electrons. The molecule has 0 nitrogen and oxygen atoms in total. The molecule has 3 heteroatoms. The predicted molar refractivity (Wildman–Crippen MR) is 60.7 cm³/mol. The molecule has 0 aromatic heterocycles. The summed E-state index contributed by atoms with van der Waals surface area (Å²) >= 11 is 11.7. The molecule has 0 aliphatic heterocycles. The highest BCUT2D eigenvalue weighted by atomic mass is 127. The Morgan fingerprint density at radius 2 is 2.30 bits per heavy atom. The van der Waals surface area contributed by atoms with Crippen molar-refractivity contribution in [1.82, 2.24) is 0 Å². The molecule has 0 N–H and O–H groups in total. The van der Waals surface area contributed by atoms with Crippen molar-refractivity contribution in [3.63, 3.8) is 0 Å². The van der Waals surface area contributed by atoms with Gasteiger partial charge in [-0.05, 0) is 12.8 Å². The van der Waals surface area contributed by atoms with Gasteiger partial charge in [-0.15, -0.1) is 18.2 Å². The number of hydrogen-bond donors (Lipinski definition) is 0. The molecule has 0 aliphatic carbocycles. The number of allylic oxidation sites excluding steroid dienone is 1. The van der Waals surface area contributed by atoms with Crippen molar-refractivity contribution < 1.29 is 0 Å². The van der Waals surface area contributed by atoms with E-state index in [-0.39, 0.29) is 0 Å². The Bertz CT molecular complexity index is 97.6. The Labute approximate surface area is 89.7 Å². The van der Waals surface area contributed by atoms with Crippen LogP contribution in [0.4, 0.5) is 0 Å². The van der Waals surface area contributed by atoms with Crippen LogP contribution in [0.3, 0.4) is 0 Å². The highest BCUT2D eigenvalue weighted by molar-refractivity contribution is 14.1. The molecule has 0 heterocycles. The Kier molecular flexibility index (Phi) is 7.78. The summed E-state index contributed by atoms with van der Waals surface area (Å²) in [5.74, 6) is 0. The second-order valence-corrected chi connectivity index (χ2v) is 4.90. The molecule has 0 fully saturated rings. The molecular weight excluding hydrogens is 326 g/mol. The average Bonchev–Trinajstić information content (AvgIpc) is 1.88. The van der Waals surface area contributed by atoms with Gasteiger partial charge in [0.1, 0.15) is 0 Å². The minimum absolute atomic E-state index is 0.296. The summed E-state index contributed by atoms with van der Waals surface area (Å²) in [4.78, 5) is 0.502. The average molecular weight is 337 g/mol. The quantitative estimate of drug-likeness (QED) is 0.407. The molecule has 0 aromatic rings. The first-order chi connectivity index (χ1) is 4.70. The van der Waals surface area contributed by atoms with Crippen LogP contribution in [0, 0.1) is 0 Å². The van der Waals surface area contributed by atoms with Crippen LogP contribution in [0.5, 0.6) is 0 Å². The molecule has 0 saturated carbocycles. The van der Waals surface area contributed by atoms with Gasteiger partial charge in [0.2, 0.25) is 0 Å². The fourth-order valence-corrected chi connectivity index (χ4v) is 2.12. The first-order valence-electron chi connectivity index (χ1n) is 3.15. The van der Waals surface area contributed by atoms with Crippen molar-refractivity contribution >= 4 is 50.1 Å². The Morgan fingerprint density at radius 1 is 1.70 bits per heavy atom. The largest absolute Gasteiger partial charge is 0.122 e. The molecule has 0 bridgehead atoms. The lowest BCUT2D eigenvalue weighted by atomic mass is 10.2. The molecule has 1 unspecified atom stereocenters. The van der Waals surface area contributed by atoms with Gasteiger partial charge in [-0.1, -0.05) is 44.6 Å². The highest BCUT2D eigenvalue weighted by Crippen LogP contribution is 2.17. The van der Waals surface area contributed by atoms with Crippen LogP contribution < -0.4 is 0 Å². The minimum Gasteiger partial charge on any atom is -0.122 e. The second-order valence-electron chi connectivity index (χ2n) is 2.11. The zero-order valence-corrected chi connectivity index (χ0v) is 10.2. The lowest BCUT2D eigenvalue weighted by Crippen LogP contribution is -2.08. The molecule has 10 heavy (non-hydrogen) atoms. The lowest BCUT2D eigenvalue weighted by molar-refractivity contribution is 0.775. The van der Waals surface area contributed by atoms with E-state index < -0.39 is 0 Å². The van der Waals surface area contributed by atoms with Gasteiger partial charge in [-0.25, -0.2) is 0 Å². The molecular formula is C7H11BrClI.